The van der Waals surface area contributed by atoms with Crippen LogP contribution in [0.4, 0.5) is 0 Å². The number of aromatic carboxylic acids is 1. The molecule has 1 aliphatic rings. The maximum Gasteiger partial charge on any atom is 0.353 e. The zero-order valence-electron chi connectivity index (χ0n) is 8.73. The van der Waals surface area contributed by atoms with E-state index in [4.69, 9.17) is 5.11 Å². The summed E-state index contributed by atoms with van der Waals surface area (Å²) in [5.41, 5.74) is -0.604. The Hall–Kier alpha value is -1.37. The zero-order chi connectivity index (χ0) is 12.0. The SMILES string of the molecule is CC1(c2ncc(C(=O)O)[nH]2)CCS(=O)(=O)C1. The van der Waals surface area contributed by atoms with E-state index in [9.17, 15) is 13.2 Å². The fourth-order valence-electron chi connectivity index (χ4n) is 1.93. The molecule has 1 fully saturated rings. The summed E-state index contributed by atoms with van der Waals surface area (Å²) in [7, 11) is -3.02. The van der Waals surface area contributed by atoms with Gasteiger partial charge < -0.3 is 10.1 Å². The van der Waals surface area contributed by atoms with Crippen LogP contribution in [0.15, 0.2) is 6.20 Å². The summed E-state index contributed by atoms with van der Waals surface area (Å²) in [6.45, 7) is 1.78. The average Bonchev–Trinajstić information content (AvgIpc) is 2.71. The van der Waals surface area contributed by atoms with Gasteiger partial charge in [0.2, 0.25) is 0 Å². The highest BCUT2D eigenvalue weighted by molar-refractivity contribution is 7.91. The number of hydrogen-bond donors (Lipinski definition) is 2. The van der Waals surface area contributed by atoms with Gasteiger partial charge in [0.25, 0.3) is 0 Å². The van der Waals surface area contributed by atoms with Gasteiger partial charge in [-0.05, 0) is 6.42 Å². The van der Waals surface area contributed by atoms with Gasteiger partial charge in [-0.2, -0.15) is 0 Å². The zero-order valence-corrected chi connectivity index (χ0v) is 9.54. The maximum absolute atomic E-state index is 11.4. The van der Waals surface area contributed by atoms with Crippen molar-refractivity contribution in [3.05, 3.63) is 17.7 Å². The number of nitrogens with zero attached hydrogens (tertiary/aromatic N) is 1. The number of rotatable bonds is 2. The van der Waals surface area contributed by atoms with Crippen molar-refractivity contribution in [2.24, 2.45) is 0 Å². The first kappa shape index (κ1) is 11.1. The topological polar surface area (TPSA) is 100 Å². The number of carboxylic acids is 1. The van der Waals surface area contributed by atoms with Gasteiger partial charge in [0.1, 0.15) is 11.5 Å². The molecule has 2 rings (SSSR count). The third-order valence-corrected chi connectivity index (χ3v) is 4.78. The lowest BCUT2D eigenvalue weighted by atomic mass is 9.89. The Balaban J connectivity index is 2.34. The summed E-state index contributed by atoms with van der Waals surface area (Å²) < 4.78 is 22.8. The van der Waals surface area contributed by atoms with Crippen LogP contribution >= 0.6 is 0 Å². The fourth-order valence-corrected chi connectivity index (χ4v) is 4.09. The van der Waals surface area contributed by atoms with Crippen LogP contribution in [0.3, 0.4) is 0 Å². The number of aromatic nitrogens is 2. The molecule has 0 aromatic carbocycles. The van der Waals surface area contributed by atoms with Crippen LogP contribution in [0, 0.1) is 0 Å². The lowest BCUT2D eigenvalue weighted by molar-refractivity contribution is 0.0691. The van der Waals surface area contributed by atoms with Crippen LogP contribution in [-0.4, -0.2) is 41.0 Å². The highest BCUT2D eigenvalue weighted by atomic mass is 32.2. The van der Waals surface area contributed by atoms with Gasteiger partial charge in [-0.15, -0.1) is 0 Å². The number of nitrogens with one attached hydrogen (secondary N) is 1. The second kappa shape index (κ2) is 3.31. The summed E-state index contributed by atoms with van der Waals surface area (Å²) in [5, 5.41) is 8.74. The van der Waals surface area contributed by atoms with Gasteiger partial charge >= 0.3 is 5.97 Å². The van der Waals surface area contributed by atoms with Crippen LogP contribution in [0.5, 0.6) is 0 Å². The van der Waals surface area contributed by atoms with Crippen molar-refractivity contribution in [2.75, 3.05) is 11.5 Å². The Kier molecular flexibility index (Phi) is 2.30. The number of hydrogen-bond acceptors (Lipinski definition) is 4. The molecule has 1 aliphatic heterocycles. The molecule has 1 saturated heterocycles. The number of carbonyl (C=O) groups is 1. The van der Waals surface area contributed by atoms with Gasteiger partial charge in [0.05, 0.1) is 17.7 Å². The van der Waals surface area contributed by atoms with Gasteiger partial charge in [0, 0.05) is 5.41 Å². The van der Waals surface area contributed by atoms with Gasteiger partial charge in [-0.1, -0.05) is 6.92 Å². The Bertz CT molecular complexity index is 533. The molecule has 6 nitrogen and oxygen atoms in total. The smallest absolute Gasteiger partial charge is 0.353 e. The molecular formula is C9H12N2O4S. The molecule has 0 radical (unpaired) electrons. The number of carboxylic acid groups (broad SMARTS) is 1. The second-order valence-electron chi connectivity index (χ2n) is 4.35. The van der Waals surface area contributed by atoms with E-state index in [0.29, 0.717) is 12.2 Å². The molecule has 0 amide bonds. The third-order valence-electron chi connectivity index (χ3n) is 2.88. The van der Waals surface area contributed by atoms with Crippen LogP contribution in [0.1, 0.15) is 29.7 Å². The molecule has 1 unspecified atom stereocenters. The van der Waals surface area contributed by atoms with Crippen LogP contribution in [0.25, 0.3) is 0 Å². The minimum absolute atomic E-state index is 0.0134. The molecule has 2 heterocycles. The first-order chi connectivity index (χ1) is 7.32. The van der Waals surface area contributed by atoms with Crippen molar-refractivity contribution in [1.82, 2.24) is 9.97 Å². The monoisotopic (exact) mass is 244 g/mol. The molecule has 0 aliphatic carbocycles. The van der Waals surface area contributed by atoms with Crippen molar-refractivity contribution in [1.29, 1.82) is 0 Å². The summed E-state index contributed by atoms with van der Waals surface area (Å²) in [6, 6.07) is 0. The molecule has 0 spiro atoms. The normalized spacial score (nSPS) is 28.1. The first-order valence-electron chi connectivity index (χ1n) is 4.82. The van der Waals surface area contributed by atoms with Crippen LogP contribution in [-0.2, 0) is 15.3 Å². The van der Waals surface area contributed by atoms with E-state index in [2.05, 4.69) is 9.97 Å². The Morgan fingerprint density at radius 1 is 1.62 bits per heavy atom. The van der Waals surface area contributed by atoms with Crippen molar-refractivity contribution in [3.63, 3.8) is 0 Å². The summed E-state index contributed by atoms with van der Waals surface area (Å²) in [4.78, 5) is 17.3. The molecule has 16 heavy (non-hydrogen) atoms. The average molecular weight is 244 g/mol. The lowest BCUT2D eigenvalue weighted by Crippen LogP contribution is -2.25. The molecule has 1 aromatic rings. The third kappa shape index (κ3) is 1.82. The standard InChI is InChI=1S/C9H12N2O4S/c1-9(2-3-16(14,15)5-9)8-10-4-6(11-8)7(12)13/h4H,2-3,5H2,1H3,(H,10,11)(H,12,13). The van der Waals surface area contributed by atoms with E-state index in [1.54, 1.807) is 6.92 Å². The van der Waals surface area contributed by atoms with Crippen molar-refractivity contribution in [3.8, 4) is 0 Å². The molecule has 0 bridgehead atoms. The molecule has 1 aromatic heterocycles. The van der Waals surface area contributed by atoms with Crippen molar-refractivity contribution >= 4 is 15.8 Å². The summed E-state index contributed by atoms with van der Waals surface area (Å²) in [5.74, 6) is -0.506. The van der Waals surface area contributed by atoms with E-state index in [0.717, 1.165) is 0 Å². The molecule has 7 heteroatoms. The lowest BCUT2D eigenvalue weighted by Gasteiger charge is -2.18. The Morgan fingerprint density at radius 3 is 2.75 bits per heavy atom. The van der Waals surface area contributed by atoms with E-state index < -0.39 is 21.2 Å². The number of sulfone groups is 1. The quantitative estimate of drug-likeness (QED) is 0.773. The van der Waals surface area contributed by atoms with Gasteiger partial charge in [-0.25, -0.2) is 18.2 Å². The first-order valence-corrected chi connectivity index (χ1v) is 6.64. The van der Waals surface area contributed by atoms with Gasteiger partial charge in [-0.3, -0.25) is 0 Å². The highest BCUT2D eigenvalue weighted by Crippen LogP contribution is 2.33. The number of imidazole rings is 1. The minimum Gasteiger partial charge on any atom is -0.477 e. The van der Waals surface area contributed by atoms with Crippen LogP contribution < -0.4 is 0 Å². The maximum atomic E-state index is 11.4. The van der Waals surface area contributed by atoms with E-state index in [1.807, 2.05) is 0 Å². The molecule has 1 atom stereocenters. The second-order valence-corrected chi connectivity index (χ2v) is 6.54. The van der Waals surface area contributed by atoms with Crippen LogP contribution in [0.2, 0.25) is 0 Å². The van der Waals surface area contributed by atoms with E-state index >= 15 is 0 Å². The van der Waals surface area contributed by atoms with E-state index in [-0.39, 0.29) is 17.2 Å². The van der Waals surface area contributed by atoms with Crippen molar-refractivity contribution < 1.29 is 18.3 Å². The largest absolute Gasteiger partial charge is 0.477 e. The van der Waals surface area contributed by atoms with Crippen molar-refractivity contribution in [2.45, 2.75) is 18.8 Å². The fraction of sp³-hybridized carbons (Fsp3) is 0.556. The summed E-state index contributed by atoms with van der Waals surface area (Å²) in [6.07, 6.45) is 1.69. The molecule has 2 N–H and O–H groups in total. The Labute approximate surface area is 92.6 Å². The molecular weight excluding hydrogens is 232 g/mol. The van der Waals surface area contributed by atoms with E-state index in [1.165, 1.54) is 6.20 Å². The summed E-state index contributed by atoms with van der Waals surface area (Å²) >= 11 is 0. The predicted molar refractivity (Wildman–Crippen MR) is 56.2 cm³/mol. The van der Waals surface area contributed by atoms with Gasteiger partial charge in [0.15, 0.2) is 9.84 Å². The predicted octanol–water partition coefficient (Wildman–Crippen LogP) is 0.184. The molecule has 88 valence electrons. The highest BCUT2D eigenvalue weighted by Gasteiger charge is 2.41. The molecule has 0 saturated carbocycles. The Morgan fingerprint density at radius 2 is 2.31 bits per heavy atom. The number of aromatic amines is 1. The minimum atomic E-state index is -3.02. The number of H-pyrrole nitrogens is 1.